The van der Waals surface area contributed by atoms with Crippen LogP contribution in [0.1, 0.15) is 38.1 Å². The molecule has 118 valence electrons. The largest absolute Gasteiger partial charge is 0.392 e. The molecule has 1 unspecified atom stereocenters. The number of hydrogen-bond donors (Lipinski definition) is 3. The lowest BCUT2D eigenvalue weighted by molar-refractivity contribution is 0.0138. The Morgan fingerprint density at radius 1 is 1.43 bits per heavy atom. The average Bonchev–Trinajstić information content (AvgIpc) is 2.42. The SMILES string of the molecule is CNc1cc(C(=O)NCC(C)(C)C(O)C(C)C)cc(Cl)n1. The van der Waals surface area contributed by atoms with Gasteiger partial charge in [-0.3, -0.25) is 4.79 Å². The van der Waals surface area contributed by atoms with Crippen LogP contribution in [-0.4, -0.2) is 35.7 Å². The van der Waals surface area contributed by atoms with Gasteiger partial charge in [-0.25, -0.2) is 4.98 Å². The second-order valence-corrected chi connectivity index (χ2v) is 6.56. The van der Waals surface area contributed by atoms with Crippen molar-refractivity contribution in [3.63, 3.8) is 0 Å². The Hall–Kier alpha value is -1.33. The monoisotopic (exact) mass is 313 g/mol. The molecule has 0 bridgehead atoms. The molecule has 1 aromatic rings. The van der Waals surface area contributed by atoms with Crippen molar-refractivity contribution < 1.29 is 9.90 Å². The van der Waals surface area contributed by atoms with E-state index in [1.807, 2.05) is 27.7 Å². The van der Waals surface area contributed by atoms with E-state index in [9.17, 15) is 9.90 Å². The highest BCUT2D eigenvalue weighted by Crippen LogP contribution is 2.25. The van der Waals surface area contributed by atoms with Gasteiger partial charge in [-0.1, -0.05) is 39.3 Å². The molecule has 1 rings (SSSR count). The summed E-state index contributed by atoms with van der Waals surface area (Å²) < 4.78 is 0. The maximum absolute atomic E-state index is 12.2. The van der Waals surface area contributed by atoms with E-state index in [2.05, 4.69) is 15.6 Å². The van der Waals surface area contributed by atoms with Crippen LogP contribution in [0.25, 0.3) is 0 Å². The van der Waals surface area contributed by atoms with E-state index in [0.29, 0.717) is 17.9 Å². The summed E-state index contributed by atoms with van der Waals surface area (Å²) in [6.07, 6.45) is -0.494. The van der Waals surface area contributed by atoms with Gasteiger partial charge in [-0.2, -0.15) is 0 Å². The van der Waals surface area contributed by atoms with Gasteiger partial charge in [-0.15, -0.1) is 0 Å². The van der Waals surface area contributed by atoms with Crippen LogP contribution in [0.5, 0.6) is 0 Å². The molecule has 3 N–H and O–H groups in total. The molecule has 0 saturated carbocycles. The van der Waals surface area contributed by atoms with Crippen molar-refractivity contribution in [2.24, 2.45) is 11.3 Å². The number of amides is 1. The summed E-state index contributed by atoms with van der Waals surface area (Å²) >= 11 is 5.88. The number of aromatic nitrogens is 1. The predicted molar refractivity (Wildman–Crippen MR) is 85.8 cm³/mol. The van der Waals surface area contributed by atoms with Gasteiger partial charge in [0.05, 0.1) is 6.10 Å². The van der Waals surface area contributed by atoms with E-state index >= 15 is 0 Å². The van der Waals surface area contributed by atoms with Crippen LogP contribution in [-0.2, 0) is 0 Å². The third kappa shape index (κ3) is 4.86. The predicted octanol–water partition coefficient (Wildman–Crippen LogP) is 2.55. The first-order chi connectivity index (χ1) is 9.67. The summed E-state index contributed by atoms with van der Waals surface area (Å²) in [6.45, 7) is 8.14. The van der Waals surface area contributed by atoms with Crippen LogP contribution >= 0.6 is 11.6 Å². The number of pyridine rings is 1. The molecule has 1 atom stereocenters. The molecule has 0 radical (unpaired) electrons. The molecule has 0 aliphatic heterocycles. The normalized spacial score (nSPS) is 13.1. The van der Waals surface area contributed by atoms with Gasteiger partial charge < -0.3 is 15.7 Å². The zero-order valence-corrected chi connectivity index (χ0v) is 14.0. The maximum Gasteiger partial charge on any atom is 0.251 e. The number of aliphatic hydroxyl groups excluding tert-OH is 1. The third-order valence-electron chi connectivity index (χ3n) is 3.45. The van der Waals surface area contributed by atoms with Crippen molar-refractivity contribution in [1.82, 2.24) is 10.3 Å². The Morgan fingerprint density at radius 2 is 2.05 bits per heavy atom. The van der Waals surface area contributed by atoms with Gasteiger partial charge >= 0.3 is 0 Å². The summed E-state index contributed by atoms with van der Waals surface area (Å²) in [5, 5.41) is 16.1. The molecular formula is C15H24ClN3O2. The minimum absolute atomic E-state index is 0.128. The number of nitrogens with zero attached hydrogens (tertiary/aromatic N) is 1. The van der Waals surface area contributed by atoms with Gasteiger partial charge in [-0.05, 0) is 18.1 Å². The Labute approximate surface area is 131 Å². The zero-order valence-electron chi connectivity index (χ0n) is 13.2. The standard InChI is InChI=1S/C15H24ClN3O2/c1-9(2)13(20)15(3,4)8-18-14(21)10-6-11(16)19-12(7-10)17-5/h6-7,9,13,20H,8H2,1-5H3,(H,17,19)(H,18,21). The number of nitrogens with one attached hydrogen (secondary N) is 2. The number of hydrogen-bond acceptors (Lipinski definition) is 4. The number of rotatable bonds is 6. The smallest absolute Gasteiger partial charge is 0.251 e. The molecule has 0 spiro atoms. The van der Waals surface area contributed by atoms with Gasteiger partial charge in [0, 0.05) is 24.6 Å². The molecule has 1 heterocycles. The fraction of sp³-hybridized carbons (Fsp3) is 0.600. The van der Waals surface area contributed by atoms with Crippen LogP contribution in [0.15, 0.2) is 12.1 Å². The minimum atomic E-state index is -0.494. The average molecular weight is 314 g/mol. The first-order valence-corrected chi connectivity index (χ1v) is 7.36. The Morgan fingerprint density at radius 3 is 2.57 bits per heavy atom. The zero-order chi connectivity index (χ0) is 16.2. The lowest BCUT2D eigenvalue weighted by atomic mass is 9.80. The number of anilines is 1. The van der Waals surface area contributed by atoms with Gasteiger partial charge in [0.25, 0.3) is 5.91 Å². The summed E-state index contributed by atoms with van der Waals surface area (Å²) in [6, 6.07) is 3.15. The van der Waals surface area contributed by atoms with E-state index < -0.39 is 11.5 Å². The van der Waals surface area contributed by atoms with Crippen molar-refractivity contribution in [3.05, 3.63) is 22.8 Å². The molecule has 0 aromatic carbocycles. The lowest BCUT2D eigenvalue weighted by Gasteiger charge is -2.33. The molecule has 0 aliphatic rings. The van der Waals surface area contributed by atoms with Crippen molar-refractivity contribution in [2.45, 2.75) is 33.8 Å². The fourth-order valence-corrected chi connectivity index (χ4v) is 2.38. The first-order valence-electron chi connectivity index (χ1n) is 6.99. The number of carbonyl (C=O) groups excluding carboxylic acids is 1. The van der Waals surface area contributed by atoms with Crippen molar-refractivity contribution in [2.75, 3.05) is 18.9 Å². The van der Waals surface area contributed by atoms with Gasteiger partial charge in [0.15, 0.2) is 0 Å². The maximum atomic E-state index is 12.2. The van der Waals surface area contributed by atoms with Crippen molar-refractivity contribution in [1.29, 1.82) is 0 Å². The molecular weight excluding hydrogens is 290 g/mol. The number of aliphatic hydroxyl groups is 1. The van der Waals surface area contributed by atoms with Crippen LogP contribution in [0.4, 0.5) is 5.82 Å². The quantitative estimate of drug-likeness (QED) is 0.706. The molecule has 21 heavy (non-hydrogen) atoms. The molecule has 1 amide bonds. The highest BCUT2D eigenvalue weighted by molar-refractivity contribution is 6.29. The van der Waals surface area contributed by atoms with E-state index in [4.69, 9.17) is 11.6 Å². The third-order valence-corrected chi connectivity index (χ3v) is 3.64. The van der Waals surface area contributed by atoms with Crippen LogP contribution in [0, 0.1) is 11.3 Å². The van der Waals surface area contributed by atoms with Crippen molar-refractivity contribution in [3.8, 4) is 0 Å². The highest BCUT2D eigenvalue weighted by atomic mass is 35.5. The van der Waals surface area contributed by atoms with E-state index in [1.165, 1.54) is 6.07 Å². The van der Waals surface area contributed by atoms with Crippen LogP contribution in [0.3, 0.4) is 0 Å². The summed E-state index contributed by atoms with van der Waals surface area (Å²) in [5.41, 5.74) is 0.0288. The molecule has 0 aliphatic carbocycles. The lowest BCUT2D eigenvalue weighted by Crippen LogP contribution is -2.43. The highest BCUT2D eigenvalue weighted by Gasteiger charge is 2.30. The van der Waals surface area contributed by atoms with E-state index in [1.54, 1.807) is 13.1 Å². The first kappa shape index (κ1) is 17.7. The van der Waals surface area contributed by atoms with Crippen LogP contribution < -0.4 is 10.6 Å². The molecule has 6 heteroatoms. The fourth-order valence-electron chi connectivity index (χ4n) is 2.17. The number of carbonyl (C=O) groups is 1. The number of halogens is 1. The minimum Gasteiger partial charge on any atom is -0.392 e. The Kier molecular flexibility index (Phi) is 5.98. The Balaban J connectivity index is 2.76. The summed E-state index contributed by atoms with van der Waals surface area (Å²) in [5.74, 6) is 0.428. The van der Waals surface area contributed by atoms with E-state index in [-0.39, 0.29) is 17.0 Å². The van der Waals surface area contributed by atoms with Crippen molar-refractivity contribution >= 4 is 23.3 Å². The molecule has 0 saturated heterocycles. The molecule has 5 nitrogen and oxygen atoms in total. The molecule has 0 fully saturated rings. The van der Waals surface area contributed by atoms with Gasteiger partial charge in [0.2, 0.25) is 0 Å². The summed E-state index contributed by atoms with van der Waals surface area (Å²) in [7, 11) is 1.71. The molecule has 1 aromatic heterocycles. The Bertz CT molecular complexity index is 504. The van der Waals surface area contributed by atoms with E-state index in [0.717, 1.165) is 0 Å². The second-order valence-electron chi connectivity index (χ2n) is 6.17. The topological polar surface area (TPSA) is 74.2 Å². The van der Waals surface area contributed by atoms with Gasteiger partial charge in [0.1, 0.15) is 11.0 Å². The second kappa shape index (κ2) is 7.09. The summed E-state index contributed by atoms with van der Waals surface area (Å²) in [4.78, 5) is 16.2. The van der Waals surface area contributed by atoms with Crippen LogP contribution in [0.2, 0.25) is 5.15 Å².